The van der Waals surface area contributed by atoms with Crippen molar-refractivity contribution in [3.8, 4) is 5.75 Å². The van der Waals surface area contributed by atoms with Crippen LogP contribution in [0.2, 0.25) is 0 Å². The quantitative estimate of drug-likeness (QED) is 0.663. The van der Waals surface area contributed by atoms with Gasteiger partial charge in [0.25, 0.3) is 0 Å². The molecule has 1 aromatic carbocycles. The molecule has 65 valence electrons. The smallest absolute Gasteiger partial charge is 0.122 e. The van der Waals surface area contributed by atoms with Crippen LogP contribution in [0, 0.1) is 6.92 Å². The van der Waals surface area contributed by atoms with Crippen LogP contribution in [0.3, 0.4) is 0 Å². The number of hydrogen-bond donors (Lipinski definition) is 0. The Morgan fingerprint density at radius 3 is 2.75 bits per heavy atom. The summed E-state index contributed by atoms with van der Waals surface area (Å²) in [6.07, 6.45) is 2.23. The second kappa shape index (κ2) is 4.81. The Morgan fingerprint density at radius 2 is 2.08 bits per heavy atom. The fraction of sp³-hybridized carbons (Fsp3) is 0.364. The van der Waals surface area contributed by atoms with Gasteiger partial charge in [-0.15, -0.1) is 0 Å². The summed E-state index contributed by atoms with van der Waals surface area (Å²) in [6, 6.07) is 8.13. The van der Waals surface area contributed by atoms with Gasteiger partial charge in [-0.25, -0.2) is 0 Å². The number of aryl methyl sites for hydroxylation is 1. The molecule has 0 amide bonds. The van der Waals surface area contributed by atoms with Crippen LogP contribution in [-0.4, -0.2) is 6.61 Å². The number of benzene rings is 1. The van der Waals surface area contributed by atoms with E-state index in [0.29, 0.717) is 6.61 Å². The van der Waals surface area contributed by atoms with Crippen molar-refractivity contribution < 1.29 is 4.74 Å². The van der Waals surface area contributed by atoms with Crippen LogP contribution in [0.5, 0.6) is 5.75 Å². The molecule has 1 radical (unpaired) electrons. The summed E-state index contributed by atoms with van der Waals surface area (Å²) in [6.45, 7) is 6.33. The molecular weight excluding hydrogens is 148 g/mol. The van der Waals surface area contributed by atoms with Gasteiger partial charge in [-0.3, -0.25) is 0 Å². The maximum Gasteiger partial charge on any atom is 0.122 e. The van der Waals surface area contributed by atoms with E-state index in [2.05, 4.69) is 19.9 Å². The van der Waals surface area contributed by atoms with Gasteiger partial charge in [0, 0.05) is 0 Å². The van der Waals surface area contributed by atoms with Gasteiger partial charge in [0.1, 0.15) is 5.75 Å². The molecule has 1 aromatic rings. The minimum absolute atomic E-state index is 0.501. The first-order valence-corrected chi connectivity index (χ1v) is 4.38. The van der Waals surface area contributed by atoms with E-state index in [1.54, 1.807) is 0 Å². The van der Waals surface area contributed by atoms with E-state index in [1.807, 2.05) is 18.2 Å². The fourth-order valence-corrected chi connectivity index (χ4v) is 1.23. The summed E-state index contributed by atoms with van der Waals surface area (Å²) in [4.78, 5) is 0. The molecule has 0 heterocycles. The second-order valence-electron chi connectivity index (χ2n) is 2.71. The summed E-state index contributed by atoms with van der Waals surface area (Å²) in [5.74, 6) is 0.981. The van der Waals surface area contributed by atoms with Gasteiger partial charge >= 0.3 is 0 Å². The molecule has 0 fully saturated rings. The van der Waals surface area contributed by atoms with Crippen molar-refractivity contribution in [2.24, 2.45) is 0 Å². The standard InChI is InChI=1S/C11H15O/c1-3-7-10-8-5-6-9-11(10)12-4-2/h5-6,8-9H,2-4,7H2,1H3. The van der Waals surface area contributed by atoms with E-state index in [4.69, 9.17) is 4.74 Å². The molecule has 0 atom stereocenters. The predicted molar refractivity (Wildman–Crippen MR) is 51.3 cm³/mol. The van der Waals surface area contributed by atoms with Gasteiger partial charge in [0.15, 0.2) is 0 Å². The van der Waals surface area contributed by atoms with Crippen LogP contribution in [0.25, 0.3) is 0 Å². The number of ether oxygens (including phenoxy) is 1. The molecule has 0 aliphatic rings. The molecular formula is C11H15O. The third kappa shape index (κ3) is 2.26. The van der Waals surface area contributed by atoms with Crippen LogP contribution in [0.15, 0.2) is 24.3 Å². The topological polar surface area (TPSA) is 9.23 Å². The molecule has 1 rings (SSSR count). The summed E-state index contributed by atoms with van der Waals surface area (Å²) < 4.78 is 5.38. The zero-order chi connectivity index (χ0) is 8.81. The molecule has 0 spiro atoms. The molecule has 1 nitrogen and oxygen atoms in total. The first kappa shape index (κ1) is 9.11. The Morgan fingerprint density at radius 1 is 1.33 bits per heavy atom. The Balaban J connectivity index is 2.77. The maximum atomic E-state index is 5.38. The minimum Gasteiger partial charge on any atom is -0.493 e. The summed E-state index contributed by atoms with van der Waals surface area (Å²) >= 11 is 0. The third-order valence-corrected chi connectivity index (χ3v) is 1.75. The van der Waals surface area contributed by atoms with E-state index >= 15 is 0 Å². The lowest BCUT2D eigenvalue weighted by Crippen LogP contribution is -1.96. The molecule has 0 aliphatic heterocycles. The van der Waals surface area contributed by atoms with Gasteiger partial charge in [0.2, 0.25) is 0 Å². The summed E-state index contributed by atoms with van der Waals surface area (Å²) in [5.41, 5.74) is 1.28. The van der Waals surface area contributed by atoms with E-state index in [9.17, 15) is 0 Å². The zero-order valence-electron chi connectivity index (χ0n) is 7.55. The lowest BCUT2D eigenvalue weighted by molar-refractivity contribution is 0.357. The van der Waals surface area contributed by atoms with Crippen molar-refractivity contribution in [2.75, 3.05) is 6.61 Å². The van der Waals surface area contributed by atoms with Crippen molar-refractivity contribution in [3.05, 3.63) is 36.8 Å². The minimum atomic E-state index is 0.501. The highest BCUT2D eigenvalue weighted by Crippen LogP contribution is 2.18. The first-order valence-electron chi connectivity index (χ1n) is 4.38. The first-order chi connectivity index (χ1) is 5.88. The zero-order valence-corrected chi connectivity index (χ0v) is 7.55. The average Bonchev–Trinajstić information content (AvgIpc) is 2.09. The highest BCUT2D eigenvalue weighted by molar-refractivity contribution is 5.33. The van der Waals surface area contributed by atoms with Crippen LogP contribution in [0.1, 0.15) is 18.9 Å². The Kier molecular flexibility index (Phi) is 3.65. The monoisotopic (exact) mass is 163 g/mol. The SMILES string of the molecule is [CH2]COc1ccccc1CCC. The van der Waals surface area contributed by atoms with Crippen LogP contribution < -0.4 is 4.74 Å². The van der Waals surface area contributed by atoms with E-state index in [-0.39, 0.29) is 0 Å². The van der Waals surface area contributed by atoms with Gasteiger partial charge in [0.05, 0.1) is 6.61 Å². The Hall–Kier alpha value is -0.980. The Bertz CT molecular complexity index is 205. The maximum absolute atomic E-state index is 5.38. The van der Waals surface area contributed by atoms with Gasteiger partial charge < -0.3 is 4.74 Å². The Labute approximate surface area is 74.4 Å². The molecule has 0 bridgehead atoms. The lowest BCUT2D eigenvalue weighted by Gasteiger charge is -2.07. The van der Waals surface area contributed by atoms with Crippen molar-refractivity contribution in [1.29, 1.82) is 0 Å². The average molecular weight is 163 g/mol. The lowest BCUT2D eigenvalue weighted by atomic mass is 10.1. The van der Waals surface area contributed by atoms with Crippen LogP contribution >= 0.6 is 0 Å². The normalized spacial score (nSPS) is 9.83. The van der Waals surface area contributed by atoms with Crippen LogP contribution in [0.4, 0.5) is 0 Å². The molecule has 12 heavy (non-hydrogen) atoms. The van der Waals surface area contributed by atoms with Gasteiger partial charge in [-0.2, -0.15) is 0 Å². The van der Waals surface area contributed by atoms with Gasteiger partial charge in [-0.1, -0.05) is 31.5 Å². The molecule has 0 saturated carbocycles. The number of rotatable bonds is 4. The molecule has 0 aliphatic carbocycles. The predicted octanol–water partition coefficient (Wildman–Crippen LogP) is 2.85. The van der Waals surface area contributed by atoms with Gasteiger partial charge in [-0.05, 0) is 25.0 Å². The number of hydrogen-bond acceptors (Lipinski definition) is 1. The molecule has 0 saturated heterocycles. The van der Waals surface area contributed by atoms with Crippen molar-refractivity contribution in [2.45, 2.75) is 19.8 Å². The summed E-state index contributed by atoms with van der Waals surface area (Å²) in [7, 11) is 0. The highest BCUT2D eigenvalue weighted by atomic mass is 16.5. The largest absolute Gasteiger partial charge is 0.493 e. The molecule has 0 unspecified atom stereocenters. The fourth-order valence-electron chi connectivity index (χ4n) is 1.23. The molecule has 0 aromatic heterocycles. The molecule has 1 heteroatoms. The van der Waals surface area contributed by atoms with E-state index in [1.165, 1.54) is 5.56 Å². The highest BCUT2D eigenvalue weighted by Gasteiger charge is 1.99. The van der Waals surface area contributed by atoms with Crippen LogP contribution in [-0.2, 0) is 6.42 Å². The van der Waals surface area contributed by atoms with E-state index < -0.39 is 0 Å². The third-order valence-electron chi connectivity index (χ3n) is 1.75. The van der Waals surface area contributed by atoms with Crippen molar-refractivity contribution in [1.82, 2.24) is 0 Å². The van der Waals surface area contributed by atoms with Crippen molar-refractivity contribution in [3.63, 3.8) is 0 Å². The van der Waals surface area contributed by atoms with E-state index in [0.717, 1.165) is 18.6 Å². The summed E-state index contributed by atoms with van der Waals surface area (Å²) in [5, 5.41) is 0. The molecule has 0 N–H and O–H groups in total. The second-order valence-corrected chi connectivity index (χ2v) is 2.71. The number of para-hydroxylation sites is 1. The van der Waals surface area contributed by atoms with Crippen molar-refractivity contribution >= 4 is 0 Å².